The second kappa shape index (κ2) is 4.24. The number of benzene rings is 1. The second-order valence-electron chi connectivity index (χ2n) is 4.73. The highest BCUT2D eigenvalue weighted by Crippen LogP contribution is 2.29. The van der Waals surface area contributed by atoms with Crippen LogP contribution in [0.1, 0.15) is 31.3 Å². The first-order chi connectivity index (χ1) is 8.00. The van der Waals surface area contributed by atoms with Gasteiger partial charge in [-0.1, -0.05) is 23.8 Å². The molecule has 2 aromatic rings. The SMILES string of the molecule is Cc1cccc(-c2nc(C)n(C(C)C)c2N)c1. The monoisotopic (exact) mass is 229 g/mol. The average molecular weight is 229 g/mol. The highest BCUT2D eigenvalue weighted by Gasteiger charge is 2.15. The lowest BCUT2D eigenvalue weighted by molar-refractivity contribution is 0.590. The van der Waals surface area contributed by atoms with Gasteiger partial charge in [-0.15, -0.1) is 0 Å². The summed E-state index contributed by atoms with van der Waals surface area (Å²) in [5.41, 5.74) is 9.39. The highest BCUT2D eigenvalue weighted by atomic mass is 15.2. The number of hydrogen-bond acceptors (Lipinski definition) is 2. The van der Waals surface area contributed by atoms with Crippen LogP contribution in [0, 0.1) is 13.8 Å². The van der Waals surface area contributed by atoms with E-state index in [0.29, 0.717) is 6.04 Å². The minimum atomic E-state index is 0.334. The molecule has 0 saturated carbocycles. The first-order valence-corrected chi connectivity index (χ1v) is 5.92. The number of aryl methyl sites for hydroxylation is 2. The molecule has 0 bridgehead atoms. The van der Waals surface area contributed by atoms with Gasteiger partial charge in [0.25, 0.3) is 0 Å². The first-order valence-electron chi connectivity index (χ1n) is 5.92. The van der Waals surface area contributed by atoms with Crippen LogP contribution in [0.25, 0.3) is 11.3 Å². The summed E-state index contributed by atoms with van der Waals surface area (Å²) in [6, 6.07) is 8.61. The minimum absolute atomic E-state index is 0.334. The zero-order chi connectivity index (χ0) is 12.6. The van der Waals surface area contributed by atoms with Gasteiger partial charge in [-0.2, -0.15) is 0 Å². The van der Waals surface area contributed by atoms with Crippen LogP contribution in [0.4, 0.5) is 5.82 Å². The molecular formula is C14H19N3. The molecule has 0 aliphatic heterocycles. The Bertz CT molecular complexity index is 538. The molecule has 0 radical (unpaired) electrons. The summed E-state index contributed by atoms with van der Waals surface area (Å²) < 4.78 is 2.07. The molecule has 0 amide bonds. The van der Waals surface area contributed by atoms with Gasteiger partial charge in [-0.25, -0.2) is 4.98 Å². The van der Waals surface area contributed by atoms with Crippen molar-refractivity contribution >= 4 is 5.82 Å². The van der Waals surface area contributed by atoms with E-state index in [2.05, 4.69) is 48.5 Å². The summed E-state index contributed by atoms with van der Waals surface area (Å²) in [6.07, 6.45) is 0. The lowest BCUT2D eigenvalue weighted by atomic mass is 10.1. The van der Waals surface area contributed by atoms with E-state index < -0.39 is 0 Å². The number of nitrogens with zero attached hydrogens (tertiary/aromatic N) is 2. The molecule has 0 atom stereocenters. The Balaban J connectivity index is 2.58. The summed E-state index contributed by atoms with van der Waals surface area (Å²) in [5, 5.41) is 0. The molecule has 1 aromatic heterocycles. The Hall–Kier alpha value is -1.77. The van der Waals surface area contributed by atoms with Crippen molar-refractivity contribution in [3.05, 3.63) is 35.7 Å². The molecule has 90 valence electrons. The molecule has 2 N–H and O–H groups in total. The van der Waals surface area contributed by atoms with Crippen LogP contribution in [0.3, 0.4) is 0 Å². The van der Waals surface area contributed by atoms with Gasteiger partial charge in [0.15, 0.2) is 0 Å². The van der Waals surface area contributed by atoms with E-state index in [0.717, 1.165) is 22.9 Å². The lowest BCUT2D eigenvalue weighted by Crippen LogP contribution is -2.07. The van der Waals surface area contributed by atoms with Crippen molar-refractivity contribution in [3.63, 3.8) is 0 Å². The maximum absolute atomic E-state index is 6.19. The van der Waals surface area contributed by atoms with Gasteiger partial charge in [0.1, 0.15) is 17.3 Å². The Morgan fingerprint density at radius 3 is 2.47 bits per heavy atom. The van der Waals surface area contributed by atoms with Crippen LogP contribution < -0.4 is 5.73 Å². The summed E-state index contributed by atoms with van der Waals surface area (Å²) in [4.78, 5) is 4.58. The molecule has 1 aromatic carbocycles. The Kier molecular flexibility index (Phi) is 2.92. The summed E-state index contributed by atoms with van der Waals surface area (Å²) in [7, 11) is 0. The van der Waals surface area contributed by atoms with Gasteiger partial charge in [-0.05, 0) is 33.8 Å². The fraction of sp³-hybridized carbons (Fsp3) is 0.357. The smallest absolute Gasteiger partial charge is 0.131 e. The van der Waals surface area contributed by atoms with E-state index in [1.165, 1.54) is 5.56 Å². The number of anilines is 1. The van der Waals surface area contributed by atoms with Gasteiger partial charge < -0.3 is 10.3 Å². The molecule has 0 unspecified atom stereocenters. The van der Waals surface area contributed by atoms with Crippen molar-refractivity contribution in [2.75, 3.05) is 5.73 Å². The predicted molar refractivity (Wildman–Crippen MR) is 71.9 cm³/mol. The Labute approximate surface area is 102 Å². The number of nitrogens with two attached hydrogens (primary N) is 1. The quantitative estimate of drug-likeness (QED) is 0.858. The number of rotatable bonds is 2. The second-order valence-corrected chi connectivity index (χ2v) is 4.73. The largest absolute Gasteiger partial charge is 0.383 e. The first kappa shape index (κ1) is 11.7. The number of hydrogen-bond donors (Lipinski definition) is 1. The van der Waals surface area contributed by atoms with Crippen molar-refractivity contribution in [2.24, 2.45) is 0 Å². The van der Waals surface area contributed by atoms with Crippen LogP contribution in [0.15, 0.2) is 24.3 Å². The van der Waals surface area contributed by atoms with E-state index in [9.17, 15) is 0 Å². The predicted octanol–water partition coefficient (Wildman–Crippen LogP) is 3.33. The molecule has 0 spiro atoms. The van der Waals surface area contributed by atoms with Crippen LogP contribution in [0.2, 0.25) is 0 Å². The van der Waals surface area contributed by atoms with Crippen molar-refractivity contribution in [1.82, 2.24) is 9.55 Å². The molecule has 2 rings (SSSR count). The Morgan fingerprint density at radius 1 is 1.24 bits per heavy atom. The topological polar surface area (TPSA) is 43.8 Å². The van der Waals surface area contributed by atoms with Gasteiger partial charge in [0.05, 0.1) is 0 Å². The number of aromatic nitrogens is 2. The van der Waals surface area contributed by atoms with Crippen molar-refractivity contribution in [3.8, 4) is 11.3 Å². The van der Waals surface area contributed by atoms with E-state index in [-0.39, 0.29) is 0 Å². The highest BCUT2D eigenvalue weighted by molar-refractivity contribution is 5.71. The molecule has 3 nitrogen and oxygen atoms in total. The van der Waals surface area contributed by atoms with Gasteiger partial charge in [-0.3, -0.25) is 0 Å². The van der Waals surface area contributed by atoms with E-state index in [1.807, 2.05) is 13.0 Å². The summed E-state index contributed by atoms with van der Waals surface area (Å²) in [6.45, 7) is 8.30. The van der Waals surface area contributed by atoms with Crippen LogP contribution >= 0.6 is 0 Å². The van der Waals surface area contributed by atoms with E-state index >= 15 is 0 Å². The zero-order valence-electron chi connectivity index (χ0n) is 10.9. The molecule has 0 aliphatic carbocycles. The third-order valence-electron chi connectivity index (χ3n) is 2.93. The normalized spacial score (nSPS) is 11.1. The minimum Gasteiger partial charge on any atom is -0.383 e. The Morgan fingerprint density at radius 2 is 1.94 bits per heavy atom. The summed E-state index contributed by atoms with van der Waals surface area (Å²) >= 11 is 0. The fourth-order valence-corrected chi connectivity index (χ4v) is 2.22. The maximum atomic E-state index is 6.19. The van der Waals surface area contributed by atoms with Crippen LogP contribution in [-0.4, -0.2) is 9.55 Å². The summed E-state index contributed by atoms with van der Waals surface area (Å²) in [5.74, 6) is 1.72. The molecule has 17 heavy (non-hydrogen) atoms. The molecule has 0 saturated heterocycles. The average Bonchev–Trinajstić information content (AvgIpc) is 2.54. The van der Waals surface area contributed by atoms with Crippen molar-refractivity contribution < 1.29 is 0 Å². The number of nitrogen functional groups attached to an aromatic ring is 1. The van der Waals surface area contributed by atoms with Gasteiger partial charge >= 0.3 is 0 Å². The van der Waals surface area contributed by atoms with Crippen LogP contribution in [0.5, 0.6) is 0 Å². The molecular weight excluding hydrogens is 210 g/mol. The van der Waals surface area contributed by atoms with E-state index in [4.69, 9.17) is 5.73 Å². The molecule has 1 heterocycles. The molecule has 3 heteroatoms. The van der Waals surface area contributed by atoms with Crippen molar-refractivity contribution in [2.45, 2.75) is 33.7 Å². The zero-order valence-corrected chi connectivity index (χ0v) is 10.9. The van der Waals surface area contributed by atoms with E-state index in [1.54, 1.807) is 0 Å². The number of imidazole rings is 1. The maximum Gasteiger partial charge on any atom is 0.131 e. The molecule has 0 aliphatic rings. The third kappa shape index (κ3) is 2.05. The van der Waals surface area contributed by atoms with Gasteiger partial charge in [0.2, 0.25) is 0 Å². The fourth-order valence-electron chi connectivity index (χ4n) is 2.22. The van der Waals surface area contributed by atoms with Crippen LogP contribution in [-0.2, 0) is 0 Å². The lowest BCUT2D eigenvalue weighted by Gasteiger charge is -2.11. The molecule has 0 fully saturated rings. The third-order valence-corrected chi connectivity index (χ3v) is 2.93. The van der Waals surface area contributed by atoms with Crippen molar-refractivity contribution in [1.29, 1.82) is 0 Å². The standard InChI is InChI=1S/C14H19N3/c1-9(2)17-11(4)16-13(14(17)15)12-7-5-6-10(3)8-12/h5-9H,15H2,1-4H3. The van der Waals surface area contributed by atoms with Gasteiger partial charge in [0, 0.05) is 11.6 Å².